The van der Waals surface area contributed by atoms with E-state index in [0.29, 0.717) is 0 Å². The quantitative estimate of drug-likeness (QED) is 0.872. The number of hydrogen-bond acceptors (Lipinski definition) is 4. The van der Waals surface area contributed by atoms with Crippen LogP contribution in [0.3, 0.4) is 0 Å². The van der Waals surface area contributed by atoms with Crippen molar-refractivity contribution in [1.82, 2.24) is 10.3 Å². The van der Waals surface area contributed by atoms with Crippen molar-refractivity contribution in [1.29, 1.82) is 0 Å². The molecule has 0 radical (unpaired) electrons. The smallest absolute Gasteiger partial charge is 0.252 e. The van der Waals surface area contributed by atoms with Crippen molar-refractivity contribution in [2.75, 3.05) is 11.9 Å². The van der Waals surface area contributed by atoms with Gasteiger partial charge in [0.25, 0.3) is 5.91 Å². The van der Waals surface area contributed by atoms with E-state index in [1.165, 1.54) is 11.8 Å². The summed E-state index contributed by atoms with van der Waals surface area (Å²) in [7, 11) is 1.71. The lowest BCUT2D eigenvalue weighted by Gasteiger charge is -2.37. The lowest BCUT2D eigenvalue weighted by atomic mass is 10.1. The van der Waals surface area contributed by atoms with Crippen molar-refractivity contribution in [3.63, 3.8) is 0 Å². The van der Waals surface area contributed by atoms with Crippen molar-refractivity contribution in [3.05, 3.63) is 54.4 Å². The highest BCUT2D eigenvalue weighted by molar-refractivity contribution is 8.02. The van der Waals surface area contributed by atoms with Crippen LogP contribution in [0.2, 0.25) is 0 Å². The predicted molar refractivity (Wildman–Crippen MR) is 94.9 cm³/mol. The summed E-state index contributed by atoms with van der Waals surface area (Å²) in [5, 5.41) is 2.95. The molecule has 6 heteroatoms. The number of benzene rings is 1. The minimum Gasteiger partial charge on any atom is -0.348 e. The number of rotatable bonds is 3. The number of aromatic nitrogens is 1. The number of amides is 2. The molecule has 0 saturated heterocycles. The molecule has 0 fully saturated rings. The molecule has 1 aliphatic heterocycles. The van der Waals surface area contributed by atoms with Gasteiger partial charge in [-0.05, 0) is 43.7 Å². The molecular weight excluding hydrogens is 322 g/mol. The highest BCUT2D eigenvalue weighted by atomic mass is 32.2. The molecule has 1 aromatic carbocycles. The zero-order valence-electron chi connectivity index (χ0n) is 13.8. The van der Waals surface area contributed by atoms with Crippen molar-refractivity contribution in [2.24, 2.45) is 0 Å². The lowest BCUT2D eigenvalue weighted by molar-refractivity contribution is -0.131. The van der Waals surface area contributed by atoms with Crippen LogP contribution in [0, 0.1) is 0 Å². The minimum absolute atomic E-state index is 0.201. The summed E-state index contributed by atoms with van der Waals surface area (Å²) in [5.74, 6) is -0.506. The van der Waals surface area contributed by atoms with E-state index in [0.717, 1.165) is 16.1 Å². The number of nitrogens with zero attached hydrogens (tertiary/aromatic N) is 2. The van der Waals surface area contributed by atoms with Gasteiger partial charge in [-0.2, -0.15) is 0 Å². The standard InChI is InChI=1S/C18H19N3O2S/c1-12(13-8-10-19-11-9-13)20-16(22)18(2)17(23)21(3)14-6-4-5-7-15(14)24-18/h4-12H,1-3H3,(H,20,22). The number of nitrogens with one attached hydrogen (secondary N) is 1. The normalized spacial score (nSPS) is 21.1. The van der Waals surface area contributed by atoms with Gasteiger partial charge in [0.2, 0.25) is 5.91 Å². The Morgan fingerprint density at radius 2 is 1.92 bits per heavy atom. The van der Waals surface area contributed by atoms with Crippen molar-refractivity contribution in [3.8, 4) is 0 Å². The summed E-state index contributed by atoms with van der Waals surface area (Å²) in [6.45, 7) is 3.58. The van der Waals surface area contributed by atoms with Crippen LogP contribution in [-0.4, -0.2) is 28.6 Å². The van der Waals surface area contributed by atoms with E-state index in [2.05, 4.69) is 10.3 Å². The second-order valence-electron chi connectivity index (χ2n) is 5.94. The number of hydrogen-bond donors (Lipinski definition) is 1. The molecule has 0 spiro atoms. The van der Waals surface area contributed by atoms with Crippen LogP contribution >= 0.6 is 11.8 Å². The third-order valence-electron chi connectivity index (χ3n) is 4.24. The Hall–Kier alpha value is -2.34. The molecule has 0 bridgehead atoms. The van der Waals surface area contributed by atoms with Crippen molar-refractivity contribution < 1.29 is 9.59 Å². The fourth-order valence-corrected chi connectivity index (χ4v) is 4.00. The van der Waals surface area contributed by atoms with Crippen LogP contribution in [0.5, 0.6) is 0 Å². The number of fused-ring (bicyclic) bond motifs is 1. The van der Waals surface area contributed by atoms with Crippen LogP contribution < -0.4 is 10.2 Å². The first-order valence-corrected chi connectivity index (χ1v) is 8.52. The fourth-order valence-electron chi connectivity index (χ4n) is 2.73. The van der Waals surface area contributed by atoms with Gasteiger partial charge in [0.05, 0.1) is 11.7 Å². The van der Waals surface area contributed by atoms with Gasteiger partial charge in [0, 0.05) is 24.3 Å². The number of pyridine rings is 1. The Labute approximate surface area is 145 Å². The Morgan fingerprint density at radius 1 is 1.25 bits per heavy atom. The average Bonchev–Trinajstić information content (AvgIpc) is 2.60. The van der Waals surface area contributed by atoms with Crippen LogP contribution in [-0.2, 0) is 9.59 Å². The molecule has 5 nitrogen and oxygen atoms in total. The van der Waals surface area contributed by atoms with E-state index in [1.807, 2.05) is 43.3 Å². The van der Waals surface area contributed by atoms with Gasteiger partial charge in [-0.3, -0.25) is 14.6 Å². The first-order valence-electron chi connectivity index (χ1n) is 7.70. The molecule has 1 aliphatic rings. The summed E-state index contributed by atoms with van der Waals surface area (Å²) >= 11 is 1.30. The van der Waals surface area contributed by atoms with Crippen LogP contribution in [0.4, 0.5) is 5.69 Å². The summed E-state index contributed by atoms with van der Waals surface area (Å²) in [6, 6.07) is 11.1. The first kappa shape index (κ1) is 16.5. The average molecular weight is 341 g/mol. The summed E-state index contributed by atoms with van der Waals surface area (Å²) < 4.78 is -1.19. The van der Waals surface area contributed by atoms with Crippen LogP contribution in [0.25, 0.3) is 0 Å². The van der Waals surface area contributed by atoms with E-state index in [9.17, 15) is 9.59 Å². The Balaban J connectivity index is 1.85. The molecule has 0 aliphatic carbocycles. The van der Waals surface area contributed by atoms with Crippen LogP contribution in [0.15, 0.2) is 53.7 Å². The number of thioether (sulfide) groups is 1. The maximum Gasteiger partial charge on any atom is 0.252 e. The number of carbonyl (C=O) groups excluding carboxylic acids is 2. The zero-order chi connectivity index (χ0) is 17.3. The molecule has 2 amide bonds. The van der Waals surface area contributed by atoms with Gasteiger partial charge >= 0.3 is 0 Å². The van der Waals surface area contributed by atoms with Gasteiger partial charge in [-0.1, -0.05) is 23.9 Å². The van der Waals surface area contributed by atoms with E-state index in [-0.39, 0.29) is 17.9 Å². The van der Waals surface area contributed by atoms with E-state index >= 15 is 0 Å². The molecule has 3 rings (SSSR count). The number of carbonyl (C=O) groups is 2. The zero-order valence-corrected chi connectivity index (χ0v) is 14.6. The second-order valence-corrected chi connectivity index (χ2v) is 7.40. The molecule has 2 atom stereocenters. The summed E-state index contributed by atoms with van der Waals surface area (Å²) in [4.78, 5) is 32.1. The second kappa shape index (κ2) is 6.28. The monoisotopic (exact) mass is 341 g/mol. The Kier molecular flexibility index (Phi) is 4.32. The molecular formula is C18H19N3O2S. The Bertz CT molecular complexity index is 781. The van der Waals surface area contributed by atoms with Gasteiger partial charge in [0.15, 0.2) is 4.75 Å². The van der Waals surface area contributed by atoms with Crippen LogP contribution in [0.1, 0.15) is 25.5 Å². The van der Waals surface area contributed by atoms with Gasteiger partial charge in [-0.15, -0.1) is 0 Å². The van der Waals surface area contributed by atoms with Crippen molar-refractivity contribution >= 4 is 29.3 Å². The largest absolute Gasteiger partial charge is 0.348 e. The Morgan fingerprint density at radius 3 is 2.62 bits per heavy atom. The SMILES string of the molecule is CC(NC(=O)C1(C)Sc2ccccc2N(C)C1=O)c1ccncc1. The number of para-hydroxylation sites is 1. The van der Waals surface area contributed by atoms with E-state index in [1.54, 1.807) is 31.3 Å². The first-order chi connectivity index (χ1) is 11.4. The number of anilines is 1. The highest BCUT2D eigenvalue weighted by Gasteiger charge is 2.48. The maximum atomic E-state index is 12.9. The van der Waals surface area contributed by atoms with Gasteiger partial charge < -0.3 is 10.2 Å². The molecule has 1 aromatic heterocycles. The van der Waals surface area contributed by atoms with Crippen molar-refractivity contribution in [2.45, 2.75) is 29.5 Å². The summed E-state index contributed by atoms with van der Waals surface area (Å²) in [5.41, 5.74) is 1.78. The van der Waals surface area contributed by atoms with Gasteiger partial charge in [0.1, 0.15) is 0 Å². The van der Waals surface area contributed by atoms with E-state index < -0.39 is 4.75 Å². The third-order valence-corrected chi connectivity index (χ3v) is 5.57. The molecule has 2 unspecified atom stereocenters. The highest BCUT2D eigenvalue weighted by Crippen LogP contribution is 2.44. The van der Waals surface area contributed by atoms with Gasteiger partial charge in [-0.25, -0.2) is 0 Å². The third kappa shape index (κ3) is 2.78. The topological polar surface area (TPSA) is 62.3 Å². The summed E-state index contributed by atoms with van der Waals surface area (Å²) in [6.07, 6.45) is 3.37. The molecule has 2 heterocycles. The molecule has 2 aromatic rings. The lowest BCUT2D eigenvalue weighted by Crippen LogP contribution is -2.55. The molecule has 1 N–H and O–H groups in total. The molecule has 0 saturated carbocycles. The van der Waals surface area contributed by atoms with E-state index in [4.69, 9.17) is 0 Å². The fraction of sp³-hybridized carbons (Fsp3) is 0.278. The minimum atomic E-state index is -1.19. The molecule has 24 heavy (non-hydrogen) atoms. The predicted octanol–water partition coefficient (Wildman–Crippen LogP) is 2.79. The molecule has 124 valence electrons. The maximum absolute atomic E-state index is 12.9.